The van der Waals surface area contributed by atoms with E-state index in [0.29, 0.717) is 6.04 Å². The molecule has 0 fully saturated rings. The Hall–Kier alpha value is -0.900. The highest BCUT2D eigenvalue weighted by Crippen LogP contribution is 1.99. The molecular formula is C10H20N4. The molecule has 1 atom stereocenters. The van der Waals surface area contributed by atoms with Crippen molar-refractivity contribution in [2.24, 2.45) is 7.05 Å². The van der Waals surface area contributed by atoms with Crippen molar-refractivity contribution in [3.8, 4) is 0 Å². The van der Waals surface area contributed by atoms with Crippen LogP contribution in [0.25, 0.3) is 0 Å². The highest BCUT2D eigenvalue weighted by Gasteiger charge is 2.05. The predicted molar refractivity (Wildman–Crippen MR) is 56.9 cm³/mol. The number of nitrogens with one attached hydrogen (secondary N) is 1. The first-order chi connectivity index (χ1) is 6.65. The molecule has 1 aromatic heterocycles. The third-order valence-electron chi connectivity index (χ3n) is 2.51. The summed E-state index contributed by atoms with van der Waals surface area (Å²) in [6.07, 6.45) is 2.42. The fraction of sp³-hybridized carbons (Fsp3) is 0.800. The predicted octanol–water partition coefficient (Wildman–Crippen LogP) is 1.40. The topological polar surface area (TPSA) is 42.7 Å². The first-order valence-corrected chi connectivity index (χ1v) is 5.23. The molecule has 0 radical (unpaired) electrons. The third-order valence-corrected chi connectivity index (χ3v) is 2.51. The Labute approximate surface area is 85.7 Å². The Bertz CT molecular complexity index is 280. The van der Waals surface area contributed by atoms with Gasteiger partial charge in [0.1, 0.15) is 11.6 Å². The van der Waals surface area contributed by atoms with Crippen molar-refractivity contribution < 1.29 is 0 Å². The van der Waals surface area contributed by atoms with Crippen molar-refractivity contribution in [1.29, 1.82) is 0 Å². The molecule has 14 heavy (non-hydrogen) atoms. The Morgan fingerprint density at radius 2 is 2.14 bits per heavy atom. The summed E-state index contributed by atoms with van der Waals surface area (Å²) in [7, 11) is 2.00. The molecule has 4 nitrogen and oxygen atoms in total. The standard InChI is InChI=1S/C10H20N4/c1-5-6-8(2)11-7-10-13-12-9(3)14(10)4/h8,11H,5-7H2,1-4H3. The maximum Gasteiger partial charge on any atom is 0.146 e. The molecule has 0 aliphatic rings. The van der Waals surface area contributed by atoms with E-state index in [1.165, 1.54) is 12.8 Å². The Morgan fingerprint density at radius 3 is 2.64 bits per heavy atom. The molecule has 0 bridgehead atoms. The Balaban J connectivity index is 2.41. The molecule has 0 amide bonds. The van der Waals surface area contributed by atoms with Crippen molar-refractivity contribution in [3.63, 3.8) is 0 Å². The van der Waals surface area contributed by atoms with Gasteiger partial charge in [0.05, 0.1) is 6.54 Å². The smallest absolute Gasteiger partial charge is 0.146 e. The molecule has 1 unspecified atom stereocenters. The Morgan fingerprint density at radius 1 is 1.43 bits per heavy atom. The van der Waals surface area contributed by atoms with Gasteiger partial charge in [0, 0.05) is 13.1 Å². The van der Waals surface area contributed by atoms with Gasteiger partial charge < -0.3 is 9.88 Å². The van der Waals surface area contributed by atoms with Gasteiger partial charge >= 0.3 is 0 Å². The van der Waals surface area contributed by atoms with E-state index >= 15 is 0 Å². The second-order valence-electron chi connectivity index (χ2n) is 3.79. The summed E-state index contributed by atoms with van der Waals surface area (Å²) >= 11 is 0. The lowest BCUT2D eigenvalue weighted by Gasteiger charge is -2.11. The average Bonchev–Trinajstić information content (AvgIpc) is 2.46. The molecule has 0 aromatic carbocycles. The zero-order valence-corrected chi connectivity index (χ0v) is 9.54. The van der Waals surface area contributed by atoms with Gasteiger partial charge in [-0.15, -0.1) is 10.2 Å². The molecule has 4 heteroatoms. The maximum absolute atomic E-state index is 4.10. The number of hydrogen-bond acceptors (Lipinski definition) is 3. The Kier molecular flexibility index (Phi) is 4.07. The van der Waals surface area contributed by atoms with Crippen LogP contribution in [0.2, 0.25) is 0 Å². The van der Waals surface area contributed by atoms with Gasteiger partial charge in [0.25, 0.3) is 0 Å². The van der Waals surface area contributed by atoms with Crippen LogP contribution in [-0.2, 0) is 13.6 Å². The molecule has 1 N–H and O–H groups in total. The monoisotopic (exact) mass is 196 g/mol. The molecule has 1 aromatic rings. The lowest BCUT2D eigenvalue weighted by Crippen LogP contribution is -2.26. The van der Waals surface area contributed by atoms with Gasteiger partial charge in [-0.25, -0.2) is 0 Å². The summed E-state index contributed by atoms with van der Waals surface area (Å²) in [5.74, 6) is 1.97. The quantitative estimate of drug-likeness (QED) is 0.774. The number of aryl methyl sites for hydroxylation is 1. The van der Waals surface area contributed by atoms with Gasteiger partial charge in [-0.2, -0.15) is 0 Å². The highest BCUT2D eigenvalue weighted by atomic mass is 15.3. The van der Waals surface area contributed by atoms with Crippen LogP contribution in [0.1, 0.15) is 38.3 Å². The fourth-order valence-electron chi connectivity index (χ4n) is 1.41. The van der Waals surface area contributed by atoms with Crippen LogP contribution in [0.4, 0.5) is 0 Å². The van der Waals surface area contributed by atoms with E-state index in [4.69, 9.17) is 0 Å². The summed E-state index contributed by atoms with van der Waals surface area (Å²) in [4.78, 5) is 0. The summed E-state index contributed by atoms with van der Waals surface area (Å²) in [5.41, 5.74) is 0. The average molecular weight is 196 g/mol. The molecule has 0 aliphatic heterocycles. The summed E-state index contributed by atoms with van der Waals surface area (Å²) in [6, 6.07) is 0.553. The second-order valence-corrected chi connectivity index (χ2v) is 3.79. The van der Waals surface area contributed by atoms with Gasteiger partial charge in [0.2, 0.25) is 0 Å². The number of aromatic nitrogens is 3. The van der Waals surface area contributed by atoms with Crippen LogP contribution in [-0.4, -0.2) is 20.8 Å². The lowest BCUT2D eigenvalue weighted by atomic mass is 10.2. The minimum absolute atomic E-state index is 0.553. The van der Waals surface area contributed by atoms with Crippen LogP contribution in [0.15, 0.2) is 0 Å². The van der Waals surface area contributed by atoms with Gasteiger partial charge in [-0.05, 0) is 20.3 Å². The molecule has 0 saturated carbocycles. The third kappa shape index (κ3) is 2.80. The number of rotatable bonds is 5. The minimum atomic E-state index is 0.553. The lowest BCUT2D eigenvalue weighted by molar-refractivity contribution is 0.493. The van der Waals surface area contributed by atoms with E-state index in [1.807, 2.05) is 18.5 Å². The molecular weight excluding hydrogens is 176 g/mol. The molecule has 0 spiro atoms. The van der Waals surface area contributed by atoms with Crippen LogP contribution in [0.3, 0.4) is 0 Å². The van der Waals surface area contributed by atoms with E-state index < -0.39 is 0 Å². The van der Waals surface area contributed by atoms with Gasteiger partial charge in [-0.1, -0.05) is 13.3 Å². The van der Waals surface area contributed by atoms with Crippen LogP contribution >= 0.6 is 0 Å². The van der Waals surface area contributed by atoms with E-state index in [1.54, 1.807) is 0 Å². The summed E-state index contributed by atoms with van der Waals surface area (Å²) in [6.45, 7) is 7.17. The van der Waals surface area contributed by atoms with Crippen molar-refractivity contribution in [2.75, 3.05) is 0 Å². The van der Waals surface area contributed by atoms with Crippen molar-refractivity contribution in [3.05, 3.63) is 11.6 Å². The molecule has 0 saturated heterocycles. The number of hydrogen-bond donors (Lipinski definition) is 1. The van der Waals surface area contributed by atoms with Crippen LogP contribution in [0.5, 0.6) is 0 Å². The molecule has 0 aliphatic carbocycles. The maximum atomic E-state index is 4.10. The SMILES string of the molecule is CCCC(C)NCc1nnc(C)n1C. The molecule has 1 rings (SSSR count). The van der Waals surface area contributed by atoms with Crippen molar-refractivity contribution in [2.45, 2.75) is 46.2 Å². The largest absolute Gasteiger partial charge is 0.317 e. The first kappa shape index (κ1) is 11.2. The molecule has 1 heterocycles. The highest BCUT2D eigenvalue weighted by molar-refractivity contribution is 4.92. The van der Waals surface area contributed by atoms with Crippen LogP contribution in [0, 0.1) is 6.92 Å². The first-order valence-electron chi connectivity index (χ1n) is 5.23. The second kappa shape index (κ2) is 5.10. The van der Waals surface area contributed by atoms with Gasteiger partial charge in [-0.3, -0.25) is 0 Å². The van der Waals surface area contributed by atoms with E-state index in [9.17, 15) is 0 Å². The zero-order chi connectivity index (χ0) is 10.6. The van der Waals surface area contributed by atoms with Crippen LogP contribution < -0.4 is 5.32 Å². The summed E-state index contributed by atoms with van der Waals surface area (Å²) in [5, 5.41) is 11.5. The van der Waals surface area contributed by atoms with Gasteiger partial charge in [0.15, 0.2) is 0 Å². The normalized spacial score (nSPS) is 13.1. The van der Waals surface area contributed by atoms with E-state index in [-0.39, 0.29) is 0 Å². The van der Waals surface area contributed by atoms with Crippen molar-refractivity contribution >= 4 is 0 Å². The summed E-state index contributed by atoms with van der Waals surface area (Å²) < 4.78 is 2.02. The van der Waals surface area contributed by atoms with E-state index in [2.05, 4.69) is 29.4 Å². The van der Waals surface area contributed by atoms with Crippen molar-refractivity contribution in [1.82, 2.24) is 20.1 Å². The number of nitrogens with zero attached hydrogens (tertiary/aromatic N) is 3. The fourth-order valence-corrected chi connectivity index (χ4v) is 1.41. The minimum Gasteiger partial charge on any atom is -0.317 e. The van der Waals surface area contributed by atoms with E-state index in [0.717, 1.165) is 18.2 Å². The zero-order valence-electron chi connectivity index (χ0n) is 9.54. The molecule has 80 valence electrons.